The quantitative estimate of drug-likeness (QED) is 0.361. The summed E-state index contributed by atoms with van der Waals surface area (Å²) < 4.78 is 10.8. The smallest absolute Gasteiger partial charge is 0.191 e. The van der Waals surface area contributed by atoms with Crippen LogP contribution in [0.2, 0.25) is 0 Å². The van der Waals surface area contributed by atoms with Crippen molar-refractivity contribution in [1.29, 1.82) is 0 Å². The number of hydrogen-bond donors (Lipinski definition) is 2. The van der Waals surface area contributed by atoms with Crippen LogP contribution in [-0.2, 0) is 24.4 Å². The Bertz CT molecular complexity index is 669. The average molecular weight is 373 g/mol. The van der Waals surface area contributed by atoms with Gasteiger partial charge in [-0.3, -0.25) is 0 Å². The molecule has 6 nitrogen and oxygen atoms in total. The fourth-order valence-electron chi connectivity index (χ4n) is 2.65. The van der Waals surface area contributed by atoms with Crippen molar-refractivity contribution in [3.8, 4) is 0 Å². The van der Waals surface area contributed by atoms with E-state index in [1.807, 2.05) is 12.1 Å². The van der Waals surface area contributed by atoms with Crippen LogP contribution in [0.15, 0.2) is 52.1 Å². The highest BCUT2D eigenvalue weighted by Crippen LogP contribution is 2.08. The lowest BCUT2D eigenvalue weighted by atomic mass is 10.1. The van der Waals surface area contributed by atoms with Crippen LogP contribution in [0.3, 0.4) is 0 Å². The van der Waals surface area contributed by atoms with E-state index in [4.69, 9.17) is 9.15 Å². The minimum Gasteiger partial charge on any atom is -0.467 e. The standard InChI is InChI=1S/C21H32N4O2/c1-4-22-21(23-11-7-12-26-17-20-10-6-13-27-20)24-15-18-8-5-9-19(14-18)16-25(2)3/h5-6,8-10,13-14H,4,7,11-12,15-17H2,1-3H3,(H2,22,23,24). The molecule has 27 heavy (non-hydrogen) atoms. The van der Waals surface area contributed by atoms with Gasteiger partial charge in [-0.1, -0.05) is 24.3 Å². The van der Waals surface area contributed by atoms with Gasteiger partial charge >= 0.3 is 0 Å². The maximum Gasteiger partial charge on any atom is 0.191 e. The van der Waals surface area contributed by atoms with Gasteiger partial charge in [0, 0.05) is 26.2 Å². The molecular weight excluding hydrogens is 340 g/mol. The molecule has 0 aliphatic carbocycles. The van der Waals surface area contributed by atoms with Gasteiger partial charge in [0.2, 0.25) is 0 Å². The highest BCUT2D eigenvalue weighted by atomic mass is 16.5. The molecule has 0 atom stereocenters. The Morgan fingerprint density at radius 2 is 2.00 bits per heavy atom. The van der Waals surface area contributed by atoms with E-state index in [1.165, 1.54) is 11.1 Å². The number of nitrogens with one attached hydrogen (secondary N) is 2. The minimum atomic E-state index is 0.518. The van der Waals surface area contributed by atoms with Crippen molar-refractivity contribution in [2.24, 2.45) is 4.99 Å². The number of guanidine groups is 1. The van der Waals surface area contributed by atoms with Crippen LogP contribution in [0.25, 0.3) is 0 Å². The van der Waals surface area contributed by atoms with E-state index < -0.39 is 0 Å². The largest absolute Gasteiger partial charge is 0.467 e. The SMILES string of the molecule is CCNC(=NCc1cccc(CN(C)C)c1)NCCCOCc1ccco1. The second-order valence-corrected chi connectivity index (χ2v) is 6.67. The molecule has 2 aromatic rings. The number of hydrogen-bond acceptors (Lipinski definition) is 4. The highest BCUT2D eigenvalue weighted by Gasteiger charge is 2.01. The van der Waals surface area contributed by atoms with Gasteiger partial charge in [-0.25, -0.2) is 4.99 Å². The summed E-state index contributed by atoms with van der Waals surface area (Å²) >= 11 is 0. The third-order valence-electron chi connectivity index (χ3n) is 3.84. The summed E-state index contributed by atoms with van der Waals surface area (Å²) in [6.45, 7) is 6.51. The topological polar surface area (TPSA) is 62.0 Å². The molecule has 2 rings (SSSR count). The predicted octanol–water partition coefficient (Wildman–Crippen LogP) is 3.00. The van der Waals surface area contributed by atoms with Crippen LogP contribution in [-0.4, -0.2) is 44.7 Å². The molecule has 1 aromatic carbocycles. The van der Waals surface area contributed by atoms with Gasteiger partial charge in [0.15, 0.2) is 5.96 Å². The van der Waals surface area contributed by atoms with Crippen molar-refractivity contribution in [2.45, 2.75) is 33.0 Å². The van der Waals surface area contributed by atoms with Gasteiger partial charge in [-0.15, -0.1) is 0 Å². The van der Waals surface area contributed by atoms with Crippen molar-refractivity contribution in [2.75, 3.05) is 33.8 Å². The summed E-state index contributed by atoms with van der Waals surface area (Å²) in [5, 5.41) is 6.65. The number of aliphatic imine (C=N–C) groups is 1. The molecule has 0 amide bonds. The second kappa shape index (κ2) is 12.1. The molecule has 0 fully saturated rings. The molecule has 1 aromatic heterocycles. The lowest BCUT2D eigenvalue weighted by Crippen LogP contribution is -2.38. The van der Waals surface area contributed by atoms with Gasteiger partial charge in [0.05, 0.1) is 12.8 Å². The molecule has 0 aliphatic heterocycles. The van der Waals surface area contributed by atoms with Crippen LogP contribution < -0.4 is 10.6 Å². The maximum atomic E-state index is 5.60. The van der Waals surface area contributed by atoms with Crippen LogP contribution >= 0.6 is 0 Å². The zero-order valence-electron chi connectivity index (χ0n) is 16.7. The first-order valence-electron chi connectivity index (χ1n) is 9.52. The van der Waals surface area contributed by atoms with Gasteiger partial charge in [0.25, 0.3) is 0 Å². The summed E-state index contributed by atoms with van der Waals surface area (Å²) in [5.41, 5.74) is 2.52. The molecule has 0 saturated heterocycles. The average Bonchev–Trinajstić information content (AvgIpc) is 3.15. The molecule has 0 radical (unpaired) electrons. The number of furan rings is 1. The molecule has 6 heteroatoms. The normalized spacial score (nSPS) is 11.8. The van der Waals surface area contributed by atoms with E-state index in [1.54, 1.807) is 6.26 Å². The Balaban J connectivity index is 1.73. The molecule has 0 aliphatic rings. The molecule has 1 heterocycles. The van der Waals surface area contributed by atoms with Crippen molar-refractivity contribution in [3.05, 3.63) is 59.5 Å². The summed E-state index contributed by atoms with van der Waals surface area (Å²) in [6, 6.07) is 12.4. The first-order valence-corrected chi connectivity index (χ1v) is 9.52. The summed E-state index contributed by atoms with van der Waals surface area (Å²) in [6.07, 6.45) is 2.57. The van der Waals surface area contributed by atoms with Gasteiger partial charge in [-0.2, -0.15) is 0 Å². The third kappa shape index (κ3) is 8.75. The fourth-order valence-corrected chi connectivity index (χ4v) is 2.65. The molecular formula is C21H32N4O2. The van der Waals surface area contributed by atoms with Crippen LogP contribution in [0.5, 0.6) is 0 Å². The summed E-state index contributed by atoms with van der Waals surface area (Å²) in [7, 11) is 4.16. The molecule has 0 spiro atoms. The monoisotopic (exact) mass is 372 g/mol. The van der Waals surface area contributed by atoms with Crippen molar-refractivity contribution >= 4 is 5.96 Å². The van der Waals surface area contributed by atoms with E-state index in [9.17, 15) is 0 Å². The van der Waals surface area contributed by atoms with E-state index in [-0.39, 0.29) is 0 Å². The Labute approximate surface area is 162 Å². The van der Waals surface area contributed by atoms with Crippen LogP contribution in [0.1, 0.15) is 30.2 Å². The van der Waals surface area contributed by atoms with Crippen molar-refractivity contribution < 1.29 is 9.15 Å². The van der Waals surface area contributed by atoms with Gasteiger partial charge in [0.1, 0.15) is 12.4 Å². The van der Waals surface area contributed by atoms with Gasteiger partial charge in [-0.05, 0) is 50.7 Å². The minimum absolute atomic E-state index is 0.518. The first kappa shape index (κ1) is 21.0. The Morgan fingerprint density at radius 3 is 2.74 bits per heavy atom. The Kier molecular flexibility index (Phi) is 9.44. The van der Waals surface area contributed by atoms with E-state index in [0.717, 1.165) is 37.8 Å². The van der Waals surface area contributed by atoms with Crippen LogP contribution in [0, 0.1) is 0 Å². The first-order chi connectivity index (χ1) is 13.2. The van der Waals surface area contributed by atoms with E-state index in [2.05, 4.69) is 65.8 Å². The Hall–Kier alpha value is -2.31. The zero-order valence-corrected chi connectivity index (χ0v) is 16.7. The second-order valence-electron chi connectivity index (χ2n) is 6.67. The number of nitrogens with zero attached hydrogens (tertiary/aromatic N) is 2. The summed E-state index contributed by atoms with van der Waals surface area (Å²) in [4.78, 5) is 6.86. The fraction of sp³-hybridized carbons (Fsp3) is 0.476. The lowest BCUT2D eigenvalue weighted by Gasteiger charge is -2.12. The molecule has 148 valence electrons. The maximum absolute atomic E-state index is 5.60. The molecule has 0 unspecified atom stereocenters. The van der Waals surface area contributed by atoms with E-state index in [0.29, 0.717) is 19.8 Å². The number of rotatable bonds is 11. The van der Waals surface area contributed by atoms with E-state index >= 15 is 0 Å². The highest BCUT2D eigenvalue weighted by molar-refractivity contribution is 5.79. The molecule has 0 saturated carbocycles. The van der Waals surface area contributed by atoms with Crippen molar-refractivity contribution in [3.63, 3.8) is 0 Å². The molecule has 2 N–H and O–H groups in total. The zero-order chi connectivity index (χ0) is 19.3. The number of ether oxygens (including phenoxy) is 1. The van der Waals surface area contributed by atoms with Crippen LogP contribution in [0.4, 0.5) is 0 Å². The number of benzene rings is 1. The molecule has 0 bridgehead atoms. The lowest BCUT2D eigenvalue weighted by molar-refractivity contribution is 0.105. The Morgan fingerprint density at radius 1 is 1.15 bits per heavy atom. The third-order valence-corrected chi connectivity index (χ3v) is 3.84. The van der Waals surface area contributed by atoms with Gasteiger partial charge < -0.3 is 24.7 Å². The predicted molar refractivity (Wildman–Crippen MR) is 110 cm³/mol. The van der Waals surface area contributed by atoms with Crippen molar-refractivity contribution in [1.82, 2.24) is 15.5 Å². The summed E-state index contributed by atoms with van der Waals surface area (Å²) in [5.74, 6) is 1.69.